The molecule has 1 aromatic heterocycles. The molecule has 2 aromatic carbocycles. The highest BCUT2D eigenvalue weighted by Gasteiger charge is 2.22. The molecule has 0 bridgehead atoms. The molecule has 36 heavy (non-hydrogen) atoms. The molecule has 1 N–H and O–H groups in total. The maximum absolute atomic E-state index is 13.0. The SMILES string of the molecule is CCC(CC)N(Cc1ccc(C(=O)Nc2sc3c(Cl)c(OC(C)=O)c(Cl)cc3c2C=O)cc1)C(C)=O. The molecule has 0 aliphatic heterocycles. The maximum atomic E-state index is 13.0. The molecule has 7 nitrogen and oxygen atoms in total. The van der Waals surface area contributed by atoms with Crippen molar-refractivity contribution in [2.45, 2.75) is 53.1 Å². The van der Waals surface area contributed by atoms with Crippen LogP contribution in [0.1, 0.15) is 66.8 Å². The number of esters is 1. The van der Waals surface area contributed by atoms with Crippen LogP contribution in [0.25, 0.3) is 10.1 Å². The van der Waals surface area contributed by atoms with Gasteiger partial charge in [0.25, 0.3) is 5.91 Å². The van der Waals surface area contributed by atoms with Gasteiger partial charge in [-0.1, -0.05) is 49.2 Å². The number of benzene rings is 2. The van der Waals surface area contributed by atoms with Gasteiger partial charge in [0.1, 0.15) is 10.0 Å². The summed E-state index contributed by atoms with van der Waals surface area (Å²) in [6.07, 6.45) is 2.34. The molecule has 0 fully saturated rings. The molecule has 190 valence electrons. The van der Waals surface area contributed by atoms with E-state index in [1.54, 1.807) is 31.2 Å². The van der Waals surface area contributed by atoms with Crippen LogP contribution in [-0.4, -0.2) is 35.0 Å². The van der Waals surface area contributed by atoms with Gasteiger partial charge in [0.15, 0.2) is 12.0 Å². The summed E-state index contributed by atoms with van der Waals surface area (Å²) in [6.45, 7) is 7.35. The Morgan fingerprint density at radius 3 is 2.28 bits per heavy atom. The van der Waals surface area contributed by atoms with E-state index in [4.69, 9.17) is 27.9 Å². The number of carbonyl (C=O) groups is 4. The molecule has 0 aliphatic carbocycles. The van der Waals surface area contributed by atoms with Gasteiger partial charge in [-0.15, -0.1) is 11.3 Å². The summed E-state index contributed by atoms with van der Waals surface area (Å²) in [5.74, 6) is -0.999. The van der Waals surface area contributed by atoms with Crippen molar-refractivity contribution in [2.24, 2.45) is 0 Å². The number of halogens is 2. The first-order chi connectivity index (χ1) is 17.1. The van der Waals surface area contributed by atoms with Crippen LogP contribution in [-0.2, 0) is 16.1 Å². The predicted molar refractivity (Wildman–Crippen MR) is 144 cm³/mol. The van der Waals surface area contributed by atoms with Crippen molar-refractivity contribution in [2.75, 3.05) is 5.32 Å². The summed E-state index contributed by atoms with van der Waals surface area (Å²) in [6, 6.07) is 8.59. The number of amides is 2. The molecule has 3 aromatic rings. The van der Waals surface area contributed by atoms with Crippen LogP contribution in [0, 0.1) is 0 Å². The molecule has 2 amide bonds. The number of ether oxygens (including phenoxy) is 1. The quantitative estimate of drug-likeness (QED) is 0.181. The van der Waals surface area contributed by atoms with Crippen LogP contribution in [0.5, 0.6) is 5.75 Å². The van der Waals surface area contributed by atoms with Crippen molar-refractivity contribution in [3.8, 4) is 5.75 Å². The molecule has 3 rings (SSSR count). The zero-order valence-electron chi connectivity index (χ0n) is 20.3. The van der Waals surface area contributed by atoms with E-state index in [0.29, 0.717) is 33.5 Å². The van der Waals surface area contributed by atoms with E-state index < -0.39 is 11.9 Å². The highest BCUT2D eigenvalue weighted by molar-refractivity contribution is 7.24. The molecule has 10 heteroatoms. The lowest BCUT2D eigenvalue weighted by molar-refractivity contribution is -0.132. The predicted octanol–water partition coefficient (Wildman–Crippen LogP) is 6.74. The standard InChI is InChI=1S/C26H26Cl2N2O5S/c1-5-18(6-2)30(14(3)32)12-16-7-9-17(10-8-16)25(34)29-26-20(13-31)19-11-21(27)23(35-15(4)33)22(28)24(19)36-26/h7-11,13,18H,5-6,12H2,1-4H3,(H,29,34). The number of hydrogen-bond donors (Lipinski definition) is 1. The number of fused-ring (bicyclic) bond motifs is 1. The van der Waals surface area contributed by atoms with E-state index in [1.165, 1.54) is 13.0 Å². The molecular formula is C26H26Cl2N2O5S. The number of hydrogen-bond acceptors (Lipinski definition) is 6. The van der Waals surface area contributed by atoms with Crippen LogP contribution >= 0.6 is 34.5 Å². The molecule has 0 unspecified atom stereocenters. The number of thiophene rings is 1. The number of carbonyl (C=O) groups excluding carboxylic acids is 4. The number of rotatable bonds is 9. The average molecular weight is 549 g/mol. The van der Waals surface area contributed by atoms with Crippen LogP contribution in [0.3, 0.4) is 0 Å². The van der Waals surface area contributed by atoms with Crippen LogP contribution < -0.4 is 10.1 Å². The molecule has 0 aliphatic rings. The lowest BCUT2D eigenvalue weighted by Crippen LogP contribution is -2.37. The number of anilines is 1. The summed E-state index contributed by atoms with van der Waals surface area (Å²) < 4.78 is 5.56. The second-order valence-electron chi connectivity index (χ2n) is 8.20. The first-order valence-corrected chi connectivity index (χ1v) is 12.9. The fourth-order valence-electron chi connectivity index (χ4n) is 3.97. The van der Waals surface area contributed by atoms with E-state index in [1.807, 2.05) is 4.90 Å². The Kier molecular flexibility index (Phi) is 9.11. The van der Waals surface area contributed by atoms with Gasteiger partial charge in [0, 0.05) is 37.4 Å². The molecule has 0 atom stereocenters. The minimum absolute atomic E-state index is 0.00140. The maximum Gasteiger partial charge on any atom is 0.308 e. The van der Waals surface area contributed by atoms with Gasteiger partial charge in [0.05, 0.1) is 15.3 Å². The Morgan fingerprint density at radius 1 is 1.11 bits per heavy atom. The molecule has 0 saturated carbocycles. The minimum Gasteiger partial charge on any atom is -0.423 e. The van der Waals surface area contributed by atoms with Gasteiger partial charge in [-0.3, -0.25) is 19.2 Å². The van der Waals surface area contributed by atoms with Gasteiger partial charge in [-0.2, -0.15) is 0 Å². The van der Waals surface area contributed by atoms with Gasteiger partial charge >= 0.3 is 5.97 Å². The second kappa shape index (κ2) is 11.9. The van der Waals surface area contributed by atoms with Crippen LogP contribution in [0.2, 0.25) is 10.0 Å². The van der Waals surface area contributed by atoms with E-state index in [-0.39, 0.29) is 33.3 Å². The summed E-state index contributed by atoms with van der Waals surface area (Å²) in [7, 11) is 0. The number of nitrogens with zero attached hydrogens (tertiary/aromatic N) is 1. The largest absolute Gasteiger partial charge is 0.423 e. The van der Waals surface area contributed by atoms with Gasteiger partial charge in [-0.05, 0) is 36.6 Å². The number of nitrogens with one attached hydrogen (secondary N) is 1. The van der Waals surface area contributed by atoms with Crippen molar-refractivity contribution in [1.29, 1.82) is 0 Å². The highest BCUT2D eigenvalue weighted by atomic mass is 35.5. The van der Waals surface area contributed by atoms with Crippen molar-refractivity contribution in [3.63, 3.8) is 0 Å². The van der Waals surface area contributed by atoms with Crippen molar-refractivity contribution < 1.29 is 23.9 Å². The van der Waals surface area contributed by atoms with E-state index in [9.17, 15) is 19.2 Å². The first-order valence-electron chi connectivity index (χ1n) is 11.4. The van der Waals surface area contributed by atoms with Crippen molar-refractivity contribution in [1.82, 2.24) is 4.90 Å². The Labute approximate surface area is 223 Å². The van der Waals surface area contributed by atoms with Crippen molar-refractivity contribution >= 4 is 73.7 Å². The fourth-order valence-corrected chi connectivity index (χ4v) is 5.70. The molecule has 0 radical (unpaired) electrons. The fraction of sp³-hybridized carbons (Fsp3) is 0.308. The summed E-state index contributed by atoms with van der Waals surface area (Å²) in [5, 5.41) is 3.66. The zero-order chi connectivity index (χ0) is 26.6. The molecule has 0 saturated heterocycles. The highest BCUT2D eigenvalue weighted by Crippen LogP contribution is 2.46. The topological polar surface area (TPSA) is 92.8 Å². The Balaban J connectivity index is 1.86. The Hall–Kier alpha value is -2.94. The second-order valence-corrected chi connectivity index (χ2v) is 10.0. The van der Waals surface area contributed by atoms with E-state index in [2.05, 4.69) is 19.2 Å². The van der Waals surface area contributed by atoms with Crippen molar-refractivity contribution in [3.05, 3.63) is 57.1 Å². The number of aldehydes is 1. The Bertz CT molecular complexity index is 1320. The average Bonchev–Trinajstić information content (AvgIpc) is 3.18. The van der Waals surface area contributed by atoms with E-state index >= 15 is 0 Å². The summed E-state index contributed by atoms with van der Waals surface area (Å²) in [5.41, 5.74) is 1.51. The molecule has 1 heterocycles. The van der Waals surface area contributed by atoms with E-state index in [0.717, 1.165) is 29.7 Å². The lowest BCUT2D eigenvalue weighted by Gasteiger charge is -2.29. The summed E-state index contributed by atoms with van der Waals surface area (Å²) >= 11 is 13.7. The normalized spacial score (nSPS) is 11.0. The minimum atomic E-state index is -0.589. The van der Waals surface area contributed by atoms with Gasteiger partial charge in [-0.25, -0.2) is 0 Å². The zero-order valence-corrected chi connectivity index (χ0v) is 22.6. The first kappa shape index (κ1) is 27.6. The van der Waals surface area contributed by atoms with Crippen LogP contribution in [0.15, 0.2) is 30.3 Å². The summed E-state index contributed by atoms with van der Waals surface area (Å²) in [4.78, 5) is 50.2. The third-order valence-electron chi connectivity index (χ3n) is 5.82. The Morgan fingerprint density at radius 2 is 1.75 bits per heavy atom. The van der Waals surface area contributed by atoms with Gasteiger partial charge in [0.2, 0.25) is 5.91 Å². The van der Waals surface area contributed by atoms with Crippen LogP contribution in [0.4, 0.5) is 5.00 Å². The molecular weight excluding hydrogens is 523 g/mol. The van der Waals surface area contributed by atoms with Gasteiger partial charge < -0.3 is 15.0 Å². The molecule has 0 spiro atoms. The monoisotopic (exact) mass is 548 g/mol. The lowest BCUT2D eigenvalue weighted by atomic mass is 10.1. The third kappa shape index (κ3) is 5.88. The smallest absolute Gasteiger partial charge is 0.308 e. The third-order valence-corrected chi connectivity index (χ3v) is 7.73.